The Morgan fingerprint density at radius 1 is 0.526 bits per heavy atom. The van der Waals surface area contributed by atoms with E-state index in [-0.39, 0.29) is 0 Å². The summed E-state index contributed by atoms with van der Waals surface area (Å²) in [4.78, 5) is 36.6. The van der Waals surface area contributed by atoms with Crippen LogP contribution in [0, 0.1) is 27.7 Å². The summed E-state index contributed by atoms with van der Waals surface area (Å²) in [5.74, 6) is -1.22. The Bertz CT molecular complexity index is 1010. The van der Waals surface area contributed by atoms with E-state index in [0.29, 0.717) is 11.1 Å². The fourth-order valence-electron chi connectivity index (χ4n) is 5.45. The third kappa shape index (κ3) is 7.94. The molecule has 2 aromatic rings. The minimum atomic E-state index is -0.612. The summed E-state index contributed by atoms with van der Waals surface area (Å²) in [6.07, 6.45) is 12.7. The minimum Gasteiger partial charge on any atom is -0.241 e. The summed E-state index contributed by atoms with van der Waals surface area (Å²) in [7, 11) is 0. The van der Waals surface area contributed by atoms with Crippen LogP contribution in [0.4, 0.5) is 0 Å². The first-order chi connectivity index (χ1) is 18.2. The van der Waals surface area contributed by atoms with Crippen molar-refractivity contribution in [1.82, 2.24) is 0 Å². The molecule has 0 aliphatic heterocycles. The normalized spacial score (nSPS) is 11.1. The van der Waals surface area contributed by atoms with E-state index in [9.17, 15) is 9.59 Å². The summed E-state index contributed by atoms with van der Waals surface area (Å²) in [5, 5.41) is 0. The molecule has 0 saturated carbocycles. The predicted octanol–water partition coefficient (Wildman–Crippen LogP) is 9.22. The van der Waals surface area contributed by atoms with Gasteiger partial charge in [0.05, 0.1) is 11.1 Å². The standard InChI is InChI=1S/C34H50O4/c1-9-13-17-27-23(5)21-31(25(7)29(27)19-15-11-3)33(35)37-38-34(36)32-22-24(6)28(18-14-10-2)30(26(32)8)20-16-12-4/h21-22H,9-20H2,1-8H3. The number of carbonyl (C=O) groups excluding carboxylic acids is 2. The molecule has 210 valence electrons. The van der Waals surface area contributed by atoms with Crippen LogP contribution in [0.3, 0.4) is 0 Å². The number of unbranched alkanes of at least 4 members (excludes halogenated alkanes) is 4. The second-order valence-corrected chi connectivity index (χ2v) is 10.8. The number of hydrogen-bond donors (Lipinski definition) is 0. The average molecular weight is 523 g/mol. The van der Waals surface area contributed by atoms with Crippen LogP contribution in [0.2, 0.25) is 0 Å². The van der Waals surface area contributed by atoms with Crippen LogP contribution in [0.25, 0.3) is 0 Å². The van der Waals surface area contributed by atoms with E-state index in [1.54, 1.807) is 0 Å². The Kier molecular flexibility index (Phi) is 13.1. The van der Waals surface area contributed by atoms with E-state index in [1.807, 2.05) is 26.0 Å². The molecule has 2 rings (SSSR count). The first-order valence-corrected chi connectivity index (χ1v) is 14.9. The Hall–Kier alpha value is -2.62. The largest absolute Gasteiger partial charge is 0.386 e. The van der Waals surface area contributed by atoms with Crippen molar-refractivity contribution in [2.75, 3.05) is 0 Å². The molecule has 0 aromatic heterocycles. The van der Waals surface area contributed by atoms with E-state index >= 15 is 0 Å². The molecule has 0 unspecified atom stereocenters. The van der Waals surface area contributed by atoms with Gasteiger partial charge in [0.2, 0.25) is 0 Å². The second-order valence-electron chi connectivity index (χ2n) is 10.8. The molecule has 0 fully saturated rings. The van der Waals surface area contributed by atoms with Crippen molar-refractivity contribution in [1.29, 1.82) is 0 Å². The average Bonchev–Trinajstić information content (AvgIpc) is 2.90. The molecule has 4 nitrogen and oxygen atoms in total. The van der Waals surface area contributed by atoms with Crippen molar-refractivity contribution >= 4 is 11.9 Å². The van der Waals surface area contributed by atoms with Crippen molar-refractivity contribution < 1.29 is 19.4 Å². The zero-order chi connectivity index (χ0) is 28.2. The number of aryl methyl sites for hydroxylation is 2. The number of carbonyl (C=O) groups is 2. The van der Waals surface area contributed by atoms with Crippen molar-refractivity contribution in [2.24, 2.45) is 0 Å². The Balaban J connectivity index is 2.31. The van der Waals surface area contributed by atoms with Gasteiger partial charge in [0.15, 0.2) is 0 Å². The lowest BCUT2D eigenvalue weighted by Crippen LogP contribution is -2.17. The summed E-state index contributed by atoms with van der Waals surface area (Å²) in [6.45, 7) is 16.9. The lowest BCUT2D eigenvalue weighted by molar-refractivity contribution is -0.187. The Morgan fingerprint density at radius 2 is 0.816 bits per heavy atom. The predicted molar refractivity (Wildman–Crippen MR) is 157 cm³/mol. The van der Waals surface area contributed by atoms with E-state index in [0.717, 1.165) is 99.3 Å². The van der Waals surface area contributed by atoms with Crippen molar-refractivity contribution in [3.63, 3.8) is 0 Å². The van der Waals surface area contributed by atoms with Crippen LogP contribution in [0.5, 0.6) is 0 Å². The summed E-state index contributed by atoms with van der Waals surface area (Å²) in [5.41, 5.74) is 10.2. The van der Waals surface area contributed by atoms with E-state index < -0.39 is 11.9 Å². The molecule has 0 aliphatic rings. The topological polar surface area (TPSA) is 52.6 Å². The van der Waals surface area contributed by atoms with Crippen LogP contribution >= 0.6 is 0 Å². The third-order valence-corrected chi connectivity index (χ3v) is 7.87. The quantitative estimate of drug-likeness (QED) is 0.183. The summed E-state index contributed by atoms with van der Waals surface area (Å²) < 4.78 is 0. The Labute approximate surface area is 231 Å². The van der Waals surface area contributed by atoms with Crippen LogP contribution in [-0.2, 0) is 35.5 Å². The molecular formula is C34H50O4. The first-order valence-electron chi connectivity index (χ1n) is 14.9. The molecule has 0 heterocycles. The fourth-order valence-corrected chi connectivity index (χ4v) is 5.45. The zero-order valence-corrected chi connectivity index (χ0v) is 25.3. The minimum absolute atomic E-state index is 0.480. The molecule has 0 spiro atoms. The molecule has 0 aliphatic carbocycles. The van der Waals surface area contributed by atoms with Gasteiger partial charge in [-0.2, -0.15) is 0 Å². The lowest BCUT2D eigenvalue weighted by atomic mass is 9.87. The van der Waals surface area contributed by atoms with Gasteiger partial charge in [0.1, 0.15) is 0 Å². The molecular weight excluding hydrogens is 472 g/mol. The molecule has 0 radical (unpaired) electrons. The highest BCUT2D eigenvalue weighted by Crippen LogP contribution is 2.29. The van der Waals surface area contributed by atoms with Gasteiger partial charge in [-0.15, -0.1) is 0 Å². The monoisotopic (exact) mass is 522 g/mol. The SMILES string of the molecule is CCCCc1c(C)cc(C(=O)OOC(=O)c2cc(C)c(CCCC)c(CCCC)c2C)c(C)c1CCCC. The number of benzene rings is 2. The number of rotatable bonds is 14. The maximum Gasteiger partial charge on any atom is 0.386 e. The molecule has 38 heavy (non-hydrogen) atoms. The molecule has 2 aromatic carbocycles. The van der Waals surface area contributed by atoms with Gasteiger partial charge >= 0.3 is 11.9 Å². The van der Waals surface area contributed by atoms with E-state index in [2.05, 4.69) is 41.5 Å². The van der Waals surface area contributed by atoms with E-state index in [4.69, 9.17) is 9.78 Å². The van der Waals surface area contributed by atoms with E-state index in [1.165, 1.54) is 22.3 Å². The molecule has 4 heteroatoms. The third-order valence-electron chi connectivity index (χ3n) is 7.87. The summed E-state index contributed by atoms with van der Waals surface area (Å²) >= 11 is 0. The fraction of sp³-hybridized carbons (Fsp3) is 0.588. The lowest BCUT2D eigenvalue weighted by Gasteiger charge is -2.19. The first kappa shape index (κ1) is 31.6. The summed E-state index contributed by atoms with van der Waals surface area (Å²) in [6, 6.07) is 3.79. The van der Waals surface area contributed by atoms with Crippen LogP contribution in [0.1, 0.15) is 144 Å². The number of hydrogen-bond acceptors (Lipinski definition) is 4. The van der Waals surface area contributed by atoms with Gasteiger partial charge in [-0.3, -0.25) is 0 Å². The van der Waals surface area contributed by atoms with Crippen LogP contribution in [0.15, 0.2) is 12.1 Å². The van der Waals surface area contributed by atoms with Gasteiger partial charge in [-0.05, 0) is 136 Å². The van der Waals surface area contributed by atoms with Crippen LogP contribution in [-0.4, -0.2) is 11.9 Å². The molecule has 0 bridgehead atoms. The Morgan fingerprint density at radius 3 is 1.11 bits per heavy atom. The highest BCUT2D eigenvalue weighted by molar-refractivity contribution is 5.94. The van der Waals surface area contributed by atoms with Gasteiger partial charge in [0, 0.05) is 0 Å². The maximum atomic E-state index is 13.1. The van der Waals surface area contributed by atoms with Crippen LogP contribution < -0.4 is 0 Å². The molecule has 0 N–H and O–H groups in total. The van der Waals surface area contributed by atoms with Gasteiger partial charge < -0.3 is 0 Å². The maximum absolute atomic E-state index is 13.1. The molecule has 0 amide bonds. The zero-order valence-electron chi connectivity index (χ0n) is 25.3. The van der Waals surface area contributed by atoms with Gasteiger partial charge in [-0.25, -0.2) is 19.4 Å². The smallest absolute Gasteiger partial charge is 0.241 e. The molecule has 0 saturated heterocycles. The van der Waals surface area contributed by atoms with Gasteiger partial charge in [-0.1, -0.05) is 53.4 Å². The van der Waals surface area contributed by atoms with Crippen molar-refractivity contribution in [2.45, 2.75) is 132 Å². The molecule has 0 atom stereocenters. The van der Waals surface area contributed by atoms with Crippen molar-refractivity contribution in [3.05, 3.63) is 67.8 Å². The second kappa shape index (κ2) is 15.7. The highest BCUT2D eigenvalue weighted by Gasteiger charge is 2.23. The van der Waals surface area contributed by atoms with Gasteiger partial charge in [0.25, 0.3) is 0 Å². The highest BCUT2D eigenvalue weighted by atomic mass is 17.2. The van der Waals surface area contributed by atoms with Crippen molar-refractivity contribution in [3.8, 4) is 0 Å².